The predicted octanol–water partition coefficient (Wildman–Crippen LogP) is 6.02. The standard InChI is InChI=1S/C22H20BrCl2F2N5O2S/c1-10(2)18(29-21(34)11-4-5-14(24)15(25)6-11)20-30-31-22(32(20)3)35-9-17(33)28-19-13(23)7-12(26)8-16(19)27/h4-8,10,18H,9H2,1-3H3,(H,28,33)(H,29,34)/t18-/m1/s1. The first kappa shape index (κ1) is 27.4. The van der Waals surface area contributed by atoms with Gasteiger partial charge in [0.2, 0.25) is 5.91 Å². The largest absolute Gasteiger partial charge is 0.342 e. The van der Waals surface area contributed by atoms with Crippen LogP contribution in [0.4, 0.5) is 14.5 Å². The molecule has 2 aromatic carbocycles. The Hall–Kier alpha value is -2.21. The third-order valence-corrected chi connectivity index (χ3v) is 7.27. The highest BCUT2D eigenvalue weighted by Gasteiger charge is 2.26. The first-order chi connectivity index (χ1) is 16.5. The van der Waals surface area contributed by atoms with Crippen LogP contribution in [0.3, 0.4) is 0 Å². The number of thioether (sulfide) groups is 1. The van der Waals surface area contributed by atoms with Gasteiger partial charge in [-0.2, -0.15) is 0 Å². The quantitative estimate of drug-likeness (QED) is 0.306. The topological polar surface area (TPSA) is 88.9 Å². The van der Waals surface area contributed by atoms with E-state index in [4.69, 9.17) is 23.2 Å². The van der Waals surface area contributed by atoms with Crippen LogP contribution in [-0.4, -0.2) is 32.3 Å². The van der Waals surface area contributed by atoms with Crippen LogP contribution >= 0.6 is 50.9 Å². The molecule has 0 radical (unpaired) electrons. The van der Waals surface area contributed by atoms with E-state index < -0.39 is 23.6 Å². The van der Waals surface area contributed by atoms with Gasteiger partial charge in [-0.1, -0.05) is 48.8 Å². The van der Waals surface area contributed by atoms with E-state index in [1.165, 1.54) is 6.07 Å². The lowest BCUT2D eigenvalue weighted by Crippen LogP contribution is -2.33. The third-order valence-electron chi connectivity index (χ3n) is 4.89. The van der Waals surface area contributed by atoms with E-state index in [0.29, 0.717) is 27.6 Å². The van der Waals surface area contributed by atoms with Crippen LogP contribution in [0.5, 0.6) is 0 Å². The van der Waals surface area contributed by atoms with Crippen molar-refractivity contribution in [3.05, 3.63) is 67.9 Å². The van der Waals surface area contributed by atoms with E-state index in [0.717, 1.165) is 17.8 Å². The number of carbonyl (C=O) groups is 2. The van der Waals surface area contributed by atoms with Gasteiger partial charge in [-0.05, 0) is 46.1 Å². The molecule has 0 aliphatic carbocycles. The van der Waals surface area contributed by atoms with Crippen molar-refractivity contribution in [1.29, 1.82) is 0 Å². The minimum atomic E-state index is -0.895. The minimum absolute atomic E-state index is 0.0374. The maximum atomic E-state index is 14.0. The summed E-state index contributed by atoms with van der Waals surface area (Å²) in [6.45, 7) is 3.84. The lowest BCUT2D eigenvalue weighted by atomic mass is 10.0. The third kappa shape index (κ3) is 6.72. The molecular weight excluding hydrogens is 587 g/mol. The van der Waals surface area contributed by atoms with Gasteiger partial charge in [-0.15, -0.1) is 10.2 Å². The van der Waals surface area contributed by atoms with Crippen molar-refractivity contribution >= 4 is 68.4 Å². The molecule has 0 aliphatic heterocycles. The van der Waals surface area contributed by atoms with Gasteiger partial charge in [0.25, 0.3) is 5.91 Å². The van der Waals surface area contributed by atoms with E-state index in [1.54, 1.807) is 23.7 Å². The van der Waals surface area contributed by atoms with Crippen LogP contribution < -0.4 is 10.6 Å². The smallest absolute Gasteiger partial charge is 0.251 e. The molecule has 0 saturated heterocycles. The van der Waals surface area contributed by atoms with Gasteiger partial charge in [-0.3, -0.25) is 9.59 Å². The number of anilines is 1. The molecule has 13 heteroatoms. The average Bonchev–Trinajstić information content (AvgIpc) is 3.14. The van der Waals surface area contributed by atoms with Gasteiger partial charge in [0.15, 0.2) is 16.8 Å². The zero-order chi connectivity index (χ0) is 25.9. The summed E-state index contributed by atoms with van der Waals surface area (Å²) < 4.78 is 29.0. The number of halogens is 5. The molecule has 0 spiro atoms. The highest BCUT2D eigenvalue weighted by Crippen LogP contribution is 2.29. The van der Waals surface area contributed by atoms with Crippen LogP contribution in [0.1, 0.15) is 36.1 Å². The second-order valence-corrected chi connectivity index (χ2v) is 10.4. The number of nitrogens with zero attached hydrogens (tertiary/aromatic N) is 3. The lowest BCUT2D eigenvalue weighted by Gasteiger charge is -2.22. The summed E-state index contributed by atoms with van der Waals surface area (Å²) in [5, 5.41) is 14.7. The second-order valence-electron chi connectivity index (χ2n) is 7.81. The molecule has 1 heterocycles. The molecule has 7 nitrogen and oxygen atoms in total. The Morgan fingerprint density at radius 3 is 2.49 bits per heavy atom. The molecule has 0 bridgehead atoms. The number of carbonyl (C=O) groups excluding carboxylic acids is 2. The normalized spacial score (nSPS) is 12.0. The van der Waals surface area contributed by atoms with Crippen LogP contribution in [0, 0.1) is 17.6 Å². The molecule has 186 valence electrons. The number of nitrogens with one attached hydrogen (secondary N) is 2. The number of benzene rings is 2. The average molecular weight is 607 g/mol. The molecule has 3 aromatic rings. The molecule has 2 N–H and O–H groups in total. The SMILES string of the molecule is CC(C)[C@@H](NC(=O)c1ccc(Cl)c(Cl)c1)c1nnc(SCC(=O)Nc2c(F)cc(F)cc2Br)n1C. The van der Waals surface area contributed by atoms with Gasteiger partial charge in [0.1, 0.15) is 5.82 Å². The van der Waals surface area contributed by atoms with Crippen molar-refractivity contribution in [2.45, 2.75) is 25.0 Å². The Morgan fingerprint density at radius 1 is 1.14 bits per heavy atom. The highest BCUT2D eigenvalue weighted by molar-refractivity contribution is 9.10. The van der Waals surface area contributed by atoms with Crippen LogP contribution in [0.2, 0.25) is 10.0 Å². The van der Waals surface area contributed by atoms with Crippen molar-refractivity contribution in [3.8, 4) is 0 Å². The molecule has 0 aliphatic rings. The van der Waals surface area contributed by atoms with Gasteiger partial charge in [0, 0.05) is 23.2 Å². The van der Waals surface area contributed by atoms with Gasteiger partial charge >= 0.3 is 0 Å². The van der Waals surface area contributed by atoms with Gasteiger partial charge in [0.05, 0.1) is 27.5 Å². The second kappa shape index (κ2) is 11.7. The van der Waals surface area contributed by atoms with E-state index in [2.05, 4.69) is 36.8 Å². The monoisotopic (exact) mass is 605 g/mol. The Labute approximate surface area is 223 Å². The summed E-state index contributed by atoms with van der Waals surface area (Å²) in [5.41, 5.74) is 0.193. The number of hydrogen-bond donors (Lipinski definition) is 2. The Kier molecular flexibility index (Phi) is 9.14. The first-order valence-corrected chi connectivity index (χ1v) is 12.7. The van der Waals surface area contributed by atoms with Gasteiger partial charge < -0.3 is 15.2 Å². The van der Waals surface area contributed by atoms with Crippen molar-refractivity contribution in [3.63, 3.8) is 0 Å². The minimum Gasteiger partial charge on any atom is -0.342 e. The zero-order valence-electron chi connectivity index (χ0n) is 18.7. The lowest BCUT2D eigenvalue weighted by molar-refractivity contribution is -0.113. The van der Waals surface area contributed by atoms with Crippen LogP contribution in [0.15, 0.2) is 40.0 Å². The van der Waals surface area contributed by atoms with E-state index in [-0.39, 0.29) is 32.8 Å². The highest BCUT2D eigenvalue weighted by atomic mass is 79.9. The zero-order valence-corrected chi connectivity index (χ0v) is 22.6. The molecule has 0 unspecified atom stereocenters. The van der Waals surface area contributed by atoms with E-state index in [1.807, 2.05) is 13.8 Å². The van der Waals surface area contributed by atoms with Crippen molar-refractivity contribution < 1.29 is 18.4 Å². The number of hydrogen-bond acceptors (Lipinski definition) is 5. The van der Waals surface area contributed by atoms with Gasteiger partial charge in [-0.25, -0.2) is 8.78 Å². The molecule has 3 rings (SSSR count). The number of amides is 2. The van der Waals surface area contributed by atoms with Crippen molar-refractivity contribution in [1.82, 2.24) is 20.1 Å². The fourth-order valence-corrected chi connectivity index (χ4v) is 4.60. The Morgan fingerprint density at radius 2 is 1.86 bits per heavy atom. The molecule has 35 heavy (non-hydrogen) atoms. The van der Waals surface area contributed by atoms with Crippen LogP contribution in [-0.2, 0) is 11.8 Å². The molecule has 0 saturated carbocycles. The van der Waals surface area contributed by atoms with E-state index >= 15 is 0 Å². The summed E-state index contributed by atoms with van der Waals surface area (Å²) in [5.74, 6) is -2.18. The summed E-state index contributed by atoms with van der Waals surface area (Å²) in [6, 6.07) is 5.85. The number of rotatable bonds is 8. The van der Waals surface area contributed by atoms with Crippen molar-refractivity contribution in [2.24, 2.45) is 13.0 Å². The molecule has 1 aromatic heterocycles. The molecule has 0 fully saturated rings. The Balaban J connectivity index is 1.69. The maximum Gasteiger partial charge on any atom is 0.251 e. The van der Waals surface area contributed by atoms with Crippen LogP contribution in [0.25, 0.3) is 0 Å². The van der Waals surface area contributed by atoms with Crippen molar-refractivity contribution in [2.75, 3.05) is 11.1 Å². The predicted molar refractivity (Wildman–Crippen MR) is 136 cm³/mol. The summed E-state index contributed by atoms with van der Waals surface area (Å²) >= 11 is 16.1. The first-order valence-electron chi connectivity index (χ1n) is 10.2. The summed E-state index contributed by atoms with van der Waals surface area (Å²) in [6.07, 6.45) is 0. The Bertz CT molecular complexity index is 1250. The molecular formula is C22H20BrCl2F2N5O2S. The number of aromatic nitrogens is 3. The fourth-order valence-electron chi connectivity index (χ4n) is 3.08. The molecule has 2 amide bonds. The summed E-state index contributed by atoms with van der Waals surface area (Å²) in [4.78, 5) is 25.1. The summed E-state index contributed by atoms with van der Waals surface area (Å²) in [7, 11) is 1.71. The molecule has 1 atom stereocenters. The maximum absolute atomic E-state index is 14.0. The van der Waals surface area contributed by atoms with E-state index in [9.17, 15) is 18.4 Å². The fraction of sp³-hybridized carbons (Fsp3) is 0.273.